The van der Waals surface area contributed by atoms with Crippen molar-refractivity contribution in [3.63, 3.8) is 0 Å². The molecule has 0 heterocycles. The minimum Gasteiger partial charge on any atom is -0.0916 e. The van der Waals surface area contributed by atoms with Gasteiger partial charge >= 0.3 is 0 Å². The lowest BCUT2D eigenvalue weighted by atomic mass is 9.83. The van der Waals surface area contributed by atoms with E-state index in [1.165, 1.54) is 25.7 Å². The minimum atomic E-state index is 0.498. The smallest absolute Gasteiger partial charge is 0.0247 e. The Balaban J connectivity index is 3.69. The summed E-state index contributed by atoms with van der Waals surface area (Å²) in [6, 6.07) is 0. The van der Waals surface area contributed by atoms with Crippen molar-refractivity contribution in [2.45, 2.75) is 51.3 Å². The van der Waals surface area contributed by atoms with E-state index >= 15 is 0 Å². The second kappa shape index (κ2) is 6.42. The molecule has 74 valence electrons. The Morgan fingerprint density at radius 2 is 1.92 bits per heavy atom. The van der Waals surface area contributed by atoms with Gasteiger partial charge in [-0.15, -0.1) is 0 Å². The van der Waals surface area contributed by atoms with Crippen LogP contribution in [-0.2, 0) is 0 Å². The molecule has 2 heteroatoms. The van der Waals surface area contributed by atoms with Crippen LogP contribution in [0.5, 0.6) is 0 Å². The first-order chi connectivity index (χ1) is 5.52. The molecule has 0 fully saturated rings. The summed E-state index contributed by atoms with van der Waals surface area (Å²) in [5.74, 6) is 0. The second-order valence-electron chi connectivity index (χ2n) is 4.22. The Hall–Kier alpha value is 0.960. The zero-order chi connectivity index (χ0) is 9.61. The third kappa shape index (κ3) is 6.47. The fourth-order valence-electron chi connectivity index (χ4n) is 1.41. The fourth-order valence-corrected chi connectivity index (χ4v) is 2.52. The maximum Gasteiger partial charge on any atom is 0.0247 e. The molecule has 0 aliphatic carbocycles. The topological polar surface area (TPSA) is 0 Å². The maximum absolute atomic E-state index is 3.66. The van der Waals surface area contributed by atoms with Crippen LogP contribution in [0.4, 0.5) is 0 Å². The largest absolute Gasteiger partial charge is 0.0916 e. The van der Waals surface area contributed by atoms with E-state index in [-0.39, 0.29) is 0 Å². The van der Waals surface area contributed by atoms with E-state index in [4.69, 9.17) is 0 Å². The third-order valence-corrected chi connectivity index (χ3v) is 4.45. The van der Waals surface area contributed by atoms with Gasteiger partial charge in [0.1, 0.15) is 0 Å². The quantitative estimate of drug-likeness (QED) is 0.621. The number of rotatable bonds is 6. The van der Waals surface area contributed by atoms with Crippen LogP contribution in [0.3, 0.4) is 0 Å². The van der Waals surface area contributed by atoms with Gasteiger partial charge in [-0.05, 0) is 18.3 Å². The van der Waals surface area contributed by atoms with Gasteiger partial charge < -0.3 is 0 Å². The van der Waals surface area contributed by atoms with E-state index in [1.807, 2.05) is 0 Å². The number of hydrogen-bond donors (Lipinski definition) is 0. The third-order valence-electron chi connectivity index (χ3n) is 2.15. The van der Waals surface area contributed by atoms with Crippen LogP contribution in [-0.4, -0.2) is 10.2 Å². The van der Waals surface area contributed by atoms with Crippen molar-refractivity contribution in [1.82, 2.24) is 0 Å². The molecule has 0 bridgehead atoms. The molecule has 0 rings (SSSR count). The van der Waals surface area contributed by atoms with Crippen molar-refractivity contribution in [3.05, 3.63) is 0 Å². The Kier molecular flexibility index (Phi) is 6.93. The van der Waals surface area contributed by atoms with Crippen LogP contribution in [0.25, 0.3) is 0 Å². The van der Waals surface area contributed by atoms with E-state index in [0.717, 1.165) is 5.33 Å². The number of halogens is 2. The zero-order valence-corrected chi connectivity index (χ0v) is 11.5. The zero-order valence-electron chi connectivity index (χ0n) is 8.37. The molecule has 0 saturated carbocycles. The predicted molar refractivity (Wildman–Crippen MR) is 64.4 cm³/mol. The highest BCUT2D eigenvalue weighted by Gasteiger charge is 2.20. The molecule has 0 aromatic carbocycles. The van der Waals surface area contributed by atoms with Gasteiger partial charge in [0.15, 0.2) is 0 Å². The first-order valence-electron chi connectivity index (χ1n) is 4.72. The summed E-state index contributed by atoms with van der Waals surface area (Å²) in [6.07, 6.45) is 5.27. The molecule has 0 radical (unpaired) electrons. The summed E-state index contributed by atoms with van der Waals surface area (Å²) in [7, 11) is 0. The standard InChI is InChI=1S/C10H20Br2/c1-4-5-6-10(2,3)7-9(12)8-11/h9H,4-8H2,1-3H3. The molecule has 1 atom stereocenters. The molecule has 0 amide bonds. The summed E-state index contributed by atoms with van der Waals surface area (Å²) in [6.45, 7) is 6.98. The lowest BCUT2D eigenvalue weighted by Crippen LogP contribution is -2.17. The molecule has 0 nitrogen and oxygen atoms in total. The molecule has 0 N–H and O–H groups in total. The molecule has 0 aliphatic heterocycles. The Labute approximate surface area is 93.8 Å². The van der Waals surface area contributed by atoms with Crippen molar-refractivity contribution < 1.29 is 0 Å². The average Bonchev–Trinajstić information content (AvgIpc) is 2.00. The van der Waals surface area contributed by atoms with Gasteiger partial charge in [-0.1, -0.05) is 65.5 Å². The van der Waals surface area contributed by atoms with E-state index in [9.17, 15) is 0 Å². The molecule has 0 aromatic rings. The summed E-state index contributed by atoms with van der Waals surface area (Å²) in [4.78, 5) is 0.629. The van der Waals surface area contributed by atoms with Gasteiger partial charge in [0, 0.05) is 10.2 Å². The van der Waals surface area contributed by atoms with Crippen molar-refractivity contribution in [2.75, 3.05) is 5.33 Å². The SMILES string of the molecule is CCCCC(C)(C)CC(Br)CBr. The van der Waals surface area contributed by atoms with Crippen LogP contribution in [0.2, 0.25) is 0 Å². The van der Waals surface area contributed by atoms with Crippen LogP contribution in [0.1, 0.15) is 46.5 Å². The fraction of sp³-hybridized carbons (Fsp3) is 1.00. The molecular weight excluding hydrogens is 280 g/mol. The highest BCUT2D eigenvalue weighted by molar-refractivity contribution is 9.12. The molecule has 12 heavy (non-hydrogen) atoms. The predicted octanol–water partition coefficient (Wildman–Crippen LogP) is 4.75. The van der Waals surface area contributed by atoms with E-state index < -0.39 is 0 Å². The van der Waals surface area contributed by atoms with Crippen molar-refractivity contribution in [1.29, 1.82) is 0 Å². The molecule has 0 spiro atoms. The lowest BCUT2D eigenvalue weighted by molar-refractivity contribution is 0.301. The summed E-state index contributed by atoms with van der Waals surface area (Å²) in [5, 5.41) is 1.06. The van der Waals surface area contributed by atoms with E-state index in [2.05, 4.69) is 52.6 Å². The summed E-state index contributed by atoms with van der Waals surface area (Å²) >= 11 is 7.15. The van der Waals surface area contributed by atoms with E-state index in [0.29, 0.717) is 10.2 Å². The normalized spacial score (nSPS) is 14.8. The average molecular weight is 300 g/mol. The molecule has 0 saturated heterocycles. The van der Waals surface area contributed by atoms with E-state index in [1.54, 1.807) is 0 Å². The van der Waals surface area contributed by atoms with Crippen LogP contribution < -0.4 is 0 Å². The highest BCUT2D eigenvalue weighted by atomic mass is 79.9. The first kappa shape index (κ1) is 13.0. The van der Waals surface area contributed by atoms with Gasteiger partial charge in [0.05, 0.1) is 0 Å². The summed E-state index contributed by atoms with van der Waals surface area (Å²) in [5.41, 5.74) is 0.498. The van der Waals surface area contributed by atoms with Gasteiger partial charge in [-0.25, -0.2) is 0 Å². The number of hydrogen-bond acceptors (Lipinski definition) is 0. The Bertz CT molecular complexity index is 110. The second-order valence-corrected chi connectivity index (χ2v) is 6.17. The van der Waals surface area contributed by atoms with Gasteiger partial charge in [-0.3, -0.25) is 0 Å². The van der Waals surface area contributed by atoms with Gasteiger partial charge in [0.2, 0.25) is 0 Å². The molecular formula is C10H20Br2. The Morgan fingerprint density at radius 3 is 2.33 bits per heavy atom. The Morgan fingerprint density at radius 1 is 1.33 bits per heavy atom. The van der Waals surface area contributed by atoms with Crippen LogP contribution in [0, 0.1) is 5.41 Å². The van der Waals surface area contributed by atoms with Gasteiger partial charge in [-0.2, -0.15) is 0 Å². The maximum atomic E-state index is 3.66. The van der Waals surface area contributed by atoms with Crippen molar-refractivity contribution in [3.8, 4) is 0 Å². The molecule has 0 aromatic heterocycles. The minimum absolute atomic E-state index is 0.498. The summed E-state index contributed by atoms with van der Waals surface area (Å²) < 4.78 is 0. The number of unbranched alkanes of at least 4 members (excludes halogenated alkanes) is 1. The van der Waals surface area contributed by atoms with Crippen molar-refractivity contribution >= 4 is 31.9 Å². The lowest BCUT2D eigenvalue weighted by Gasteiger charge is -2.26. The van der Waals surface area contributed by atoms with Crippen LogP contribution >= 0.6 is 31.9 Å². The first-order valence-corrected chi connectivity index (χ1v) is 6.75. The molecule has 1 unspecified atom stereocenters. The van der Waals surface area contributed by atoms with Gasteiger partial charge in [0.25, 0.3) is 0 Å². The van der Waals surface area contributed by atoms with Crippen molar-refractivity contribution in [2.24, 2.45) is 5.41 Å². The number of alkyl halides is 2. The highest BCUT2D eigenvalue weighted by Crippen LogP contribution is 2.31. The monoisotopic (exact) mass is 298 g/mol. The van der Waals surface area contributed by atoms with Crippen LogP contribution in [0.15, 0.2) is 0 Å². The molecule has 0 aliphatic rings.